The third-order valence-electron chi connectivity index (χ3n) is 15.1. The van der Waals surface area contributed by atoms with Gasteiger partial charge >= 0.3 is 0 Å². The van der Waals surface area contributed by atoms with Gasteiger partial charge in [0.25, 0.3) is 0 Å². The van der Waals surface area contributed by atoms with Crippen LogP contribution in [0.15, 0.2) is 148 Å². The van der Waals surface area contributed by atoms with Crippen LogP contribution in [0.5, 0.6) is 0 Å². The minimum Gasteiger partial charge on any atom is -0.456 e. The van der Waals surface area contributed by atoms with Crippen LogP contribution in [-0.4, -0.2) is 9.13 Å². The summed E-state index contributed by atoms with van der Waals surface area (Å²) in [5, 5.41) is 14.3. The summed E-state index contributed by atoms with van der Waals surface area (Å²) in [6, 6.07) is 53.0. The summed E-state index contributed by atoms with van der Waals surface area (Å²) in [6.45, 7) is 20.4. The number of aromatic nitrogens is 2. The number of furan rings is 2. The molecule has 0 amide bonds. The highest BCUT2D eigenvalue weighted by atomic mass is 16.3. The molecule has 4 heteroatoms. The Labute approximate surface area is 390 Å². The van der Waals surface area contributed by atoms with Crippen LogP contribution in [-0.2, 0) is 0 Å². The minimum absolute atomic E-state index is 0.457. The Morgan fingerprint density at radius 3 is 1.15 bits per heavy atom. The highest BCUT2D eigenvalue weighted by molar-refractivity contribution is 6.20. The van der Waals surface area contributed by atoms with Crippen LogP contribution in [0.25, 0.3) is 120 Å². The van der Waals surface area contributed by atoms with Gasteiger partial charge in [0, 0.05) is 60.0 Å². The third-order valence-corrected chi connectivity index (χ3v) is 15.1. The molecule has 328 valence electrons. The Kier molecular flexibility index (Phi) is 8.57. The molecule has 0 radical (unpaired) electrons. The Morgan fingerprint density at radius 2 is 0.731 bits per heavy atom. The maximum absolute atomic E-state index is 6.86. The van der Waals surface area contributed by atoms with Crippen molar-refractivity contribution in [3.8, 4) is 11.4 Å². The first-order valence-corrected chi connectivity index (χ1v) is 24.2. The van der Waals surface area contributed by atoms with Crippen LogP contribution in [0.1, 0.15) is 107 Å². The van der Waals surface area contributed by atoms with E-state index in [1.54, 1.807) is 0 Å². The van der Waals surface area contributed by atoms with E-state index >= 15 is 0 Å². The maximum Gasteiger partial charge on any atom is 0.139 e. The summed E-state index contributed by atoms with van der Waals surface area (Å²) in [6.07, 6.45) is 0. The van der Waals surface area contributed by atoms with Crippen LogP contribution < -0.4 is 0 Å². The molecule has 0 N–H and O–H groups in total. The number of aryl methyl sites for hydroxylation is 1. The van der Waals surface area contributed by atoms with Gasteiger partial charge in [-0.3, -0.25) is 0 Å². The molecule has 0 aliphatic heterocycles. The molecular weight excluding hydrogens is 817 g/mol. The molecule has 4 nitrogen and oxygen atoms in total. The van der Waals surface area contributed by atoms with Crippen molar-refractivity contribution in [3.63, 3.8) is 0 Å². The monoisotopic (exact) mass is 870 g/mol. The van der Waals surface area contributed by atoms with Gasteiger partial charge in [0.1, 0.15) is 22.3 Å². The topological polar surface area (TPSA) is 36.1 Å². The van der Waals surface area contributed by atoms with Gasteiger partial charge in [0.2, 0.25) is 0 Å². The molecule has 13 rings (SSSR count). The Morgan fingerprint density at radius 1 is 0.328 bits per heavy atom. The minimum atomic E-state index is 0.457. The van der Waals surface area contributed by atoms with Gasteiger partial charge in [-0.15, -0.1) is 0 Å². The first-order chi connectivity index (χ1) is 32.4. The lowest BCUT2D eigenvalue weighted by Crippen LogP contribution is -1.95. The SMILES string of the molecule is Cc1c2oc3cc4cc(-n5c6ccc(C(C)C)cc6c6cc(C(C)C)ccc65)ccc4cc3c2cc2oc3cc4cc(-n5c6ccc(C(C)C)cc6c6cc(C(C)C)ccc65)ccc4cc3c12. The van der Waals surface area contributed by atoms with Gasteiger partial charge in [-0.25, -0.2) is 0 Å². The molecule has 0 saturated heterocycles. The van der Waals surface area contributed by atoms with Crippen LogP contribution >= 0.6 is 0 Å². The van der Waals surface area contributed by atoms with Gasteiger partial charge in [-0.2, -0.15) is 0 Å². The standard InChI is InChI=1S/C63H54N2O2/c1-33(2)38-12-18-55-48(24-38)49-25-39(34(3)4)13-19-56(49)64(55)46-16-10-42-28-52-53-32-61-62(37(9)63(53)67-59(52)30-44(42)22-46)54-29-43-11-17-47(23-45(43)31-60(54)66-61)65-57-20-14-40(35(5)6)26-50(57)51-27-41(36(7)8)15-21-58(51)65/h10-36H,1-9H3. The first-order valence-electron chi connectivity index (χ1n) is 24.2. The summed E-state index contributed by atoms with van der Waals surface area (Å²) >= 11 is 0. The van der Waals surface area contributed by atoms with E-state index < -0.39 is 0 Å². The molecule has 0 fully saturated rings. The molecule has 0 aliphatic rings. The van der Waals surface area contributed by atoms with Crippen molar-refractivity contribution in [2.75, 3.05) is 0 Å². The van der Waals surface area contributed by atoms with Gasteiger partial charge < -0.3 is 18.0 Å². The van der Waals surface area contributed by atoms with E-state index in [0.29, 0.717) is 23.7 Å². The number of hydrogen-bond acceptors (Lipinski definition) is 2. The average Bonchev–Trinajstić information content (AvgIpc) is 4.06. The van der Waals surface area contributed by atoms with Crippen molar-refractivity contribution in [1.29, 1.82) is 0 Å². The van der Waals surface area contributed by atoms with E-state index in [1.165, 1.54) is 76.6 Å². The molecule has 0 aliphatic carbocycles. The Hall–Kier alpha value is -7.30. The molecule has 0 spiro atoms. The zero-order valence-electron chi connectivity index (χ0n) is 39.8. The van der Waals surface area contributed by atoms with Gasteiger partial charge in [0.05, 0.1) is 22.1 Å². The second kappa shape index (κ2) is 14.3. The summed E-state index contributed by atoms with van der Waals surface area (Å²) < 4.78 is 18.5. The number of hydrogen-bond donors (Lipinski definition) is 0. The van der Waals surface area contributed by atoms with Crippen molar-refractivity contribution < 1.29 is 8.83 Å². The van der Waals surface area contributed by atoms with Crippen molar-refractivity contribution >= 4 is 109 Å². The molecule has 67 heavy (non-hydrogen) atoms. The van der Waals surface area contributed by atoms with Crippen LogP contribution in [0, 0.1) is 6.92 Å². The molecule has 0 bridgehead atoms. The van der Waals surface area contributed by atoms with Crippen molar-refractivity contribution in [1.82, 2.24) is 9.13 Å². The van der Waals surface area contributed by atoms with Crippen molar-refractivity contribution in [3.05, 3.63) is 167 Å². The lowest BCUT2D eigenvalue weighted by molar-refractivity contribution is 0.662. The maximum atomic E-state index is 6.86. The normalized spacial score (nSPS) is 12.8. The van der Waals surface area contributed by atoms with Gasteiger partial charge in [-0.1, -0.05) is 91.8 Å². The zero-order valence-corrected chi connectivity index (χ0v) is 39.8. The largest absolute Gasteiger partial charge is 0.456 e. The molecule has 4 heterocycles. The number of fused-ring (bicyclic) bond motifs is 14. The highest BCUT2D eigenvalue weighted by Gasteiger charge is 2.21. The lowest BCUT2D eigenvalue weighted by Gasteiger charge is -2.11. The number of rotatable bonds is 6. The Bertz CT molecular complexity index is 3950. The Balaban J connectivity index is 0.930. The fraction of sp³-hybridized carbons (Fsp3) is 0.206. The summed E-state index contributed by atoms with van der Waals surface area (Å²) in [5.74, 6) is 1.83. The molecule has 0 atom stereocenters. The number of benzene rings is 9. The second-order valence-corrected chi connectivity index (χ2v) is 20.6. The van der Waals surface area contributed by atoms with E-state index in [-0.39, 0.29) is 0 Å². The van der Waals surface area contributed by atoms with Crippen LogP contribution in [0.2, 0.25) is 0 Å². The molecule has 0 unspecified atom stereocenters. The van der Waals surface area contributed by atoms with E-state index in [1.807, 2.05) is 0 Å². The van der Waals surface area contributed by atoms with E-state index in [0.717, 1.165) is 71.6 Å². The molecule has 4 aromatic heterocycles. The quantitative estimate of drug-likeness (QED) is 0.167. The van der Waals surface area contributed by atoms with Gasteiger partial charge in [-0.05, 0) is 178 Å². The smallest absolute Gasteiger partial charge is 0.139 e. The van der Waals surface area contributed by atoms with Crippen molar-refractivity contribution in [2.24, 2.45) is 0 Å². The summed E-state index contributed by atoms with van der Waals surface area (Å²) in [5.41, 5.74) is 17.3. The molecular formula is C63H54N2O2. The lowest BCUT2D eigenvalue weighted by atomic mass is 9.98. The second-order valence-electron chi connectivity index (χ2n) is 20.6. The fourth-order valence-electron chi connectivity index (χ4n) is 11.2. The predicted molar refractivity (Wildman–Crippen MR) is 286 cm³/mol. The van der Waals surface area contributed by atoms with E-state index in [4.69, 9.17) is 8.83 Å². The first kappa shape index (κ1) is 40.0. The number of nitrogens with zero attached hydrogens (tertiary/aromatic N) is 2. The van der Waals surface area contributed by atoms with E-state index in [9.17, 15) is 0 Å². The summed E-state index contributed by atoms with van der Waals surface area (Å²) in [7, 11) is 0. The van der Waals surface area contributed by atoms with E-state index in [2.05, 4.69) is 211 Å². The molecule has 0 saturated carbocycles. The third kappa shape index (κ3) is 5.91. The zero-order chi connectivity index (χ0) is 45.7. The fourth-order valence-corrected chi connectivity index (χ4v) is 11.2. The van der Waals surface area contributed by atoms with Crippen molar-refractivity contribution in [2.45, 2.75) is 86.0 Å². The highest BCUT2D eigenvalue weighted by Crippen LogP contribution is 2.44. The summed E-state index contributed by atoms with van der Waals surface area (Å²) in [4.78, 5) is 0. The predicted octanol–water partition coefficient (Wildman–Crippen LogP) is 18.8. The van der Waals surface area contributed by atoms with Crippen LogP contribution in [0.4, 0.5) is 0 Å². The molecule has 13 aromatic rings. The molecule has 9 aromatic carbocycles. The average molecular weight is 871 g/mol. The van der Waals surface area contributed by atoms with Gasteiger partial charge in [0.15, 0.2) is 0 Å². The van der Waals surface area contributed by atoms with Crippen LogP contribution in [0.3, 0.4) is 0 Å².